The molecule has 7 heteroatoms. The quantitative estimate of drug-likeness (QED) is 0.592. The molecule has 0 atom stereocenters. The zero-order valence-electron chi connectivity index (χ0n) is 14.7. The Labute approximate surface area is 155 Å². The van der Waals surface area contributed by atoms with Gasteiger partial charge in [-0.3, -0.25) is 4.79 Å². The van der Waals surface area contributed by atoms with Gasteiger partial charge < -0.3 is 14.5 Å². The Morgan fingerprint density at radius 1 is 1.15 bits per heavy atom. The Balaban J connectivity index is 1.45. The van der Waals surface area contributed by atoms with Crippen LogP contribution in [0.4, 0.5) is 5.69 Å². The number of amides is 1. The average Bonchev–Trinajstić information content (AvgIpc) is 3.11. The van der Waals surface area contributed by atoms with Gasteiger partial charge in [-0.15, -0.1) is 0 Å². The molecular formula is C20H17N5O2. The molecule has 3 aromatic heterocycles. The minimum Gasteiger partial charge on any atom is -0.453 e. The number of pyridine rings is 1. The number of aromatic nitrogens is 4. The van der Waals surface area contributed by atoms with Gasteiger partial charge in [0, 0.05) is 35.5 Å². The summed E-state index contributed by atoms with van der Waals surface area (Å²) in [6.07, 6.45) is 5.49. The lowest BCUT2D eigenvalue weighted by Gasteiger charge is -2.07. The summed E-state index contributed by atoms with van der Waals surface area (Å²) in [6, 6.07) is 15.3. The maximum atomic E-state index is 12.1. The molecule has 0 aliphatic rings. The van der Waals surface area contributed by atoms with Crippen LogP contribution in [0.1, 0.15) is 5.69 Å². The van der Waals surface area contributed by atoms with E-state index < -0.39 is 0 Å². The van der Waals surface area contributed by atoms with Crippen molar-refractivity contribution in [1.82, 2.24) is 19.4 Å². The maximum Gasteiger partial charge on any atom is 0.317 e. The highest BCUT2D eigenvalue weighted by molar-refractivity contribution is 5.92. The van der Waals surface area contributed by atoms with E-state index in [0.29, 0.717) is 5.69 Å². The minimum atomic E-state index is -0.285. The number of hydrogen-bond acceptors (Lipinski definition) is 5. The maximum absolute atomic E-state index is 12.1. The second-order valence-corrected chi connectivity index (χ2v) is 5.99. The number of ether oxygens (including phenoxy) is 1. The predicted molar refractivity (Wildman–Crippen MR) is 102 cm³/mol. The van der Waals surface area contributed by atoms with Crippen molar-refractivity contribution in [3.63, 3.8) is 0 Å². The molecule has 0 unspecified atom stereocenters. The first-order chi connectivity index (χ1) is 13.2. The third kappa shape index (κ3) is 3.92. The second-order valence-electron chi connectivity index (χ2n) is 5.99. The van der Waals surface area contributed by atoms with Crippen LogP contribution in [0.2, 0.25) is 0 Å². The first-order valence-corrected chi connectivity index (χ1v) is 8.44. The van der Waals surface area contributed by atoms with E-state index in [9.17, 15) is 4.79 Å². The van der Waals surface area contributed by atoms with Crippen LogP contribution >= 0.6 is 0 Å². The predicted octanol–water partition coefficient (Wildman–Crippen LogP) is 3.12. The number of benzene rings is 1. The largest absolute Gasteiger partial charge is 0.453 e. The first kappa shape index (κ1) is 16.7. The SMILES string of the molecule is Cc1ccnc(OCC(=O)Nc2cccc(-c3cn4ccccc4n3)c2)n1. The fourth-order valence-electron chi connectivity index (χ4n) is 2.65. The van der Waals surface area contributed by atoms with Crippen LogP contribution in [0.15, 0.2) is 67.1 Å². The van der Waals surface area contributed by atoms with Crippen molar-refractivity contribution in [3.8, 4) is 17.3 Å². The van der Waals surface area contributed by atoms with E-state index in [-0.39, 0.29) is 18.5 Å². The number of carbonyl (C=O) groups excluding carboxylic acids is 1. The van der Waals surface area contributed by atoms with E-state index in [1.54, 1.807) is 12.3 Å². The number of aryl methyl sites for hydroxylation is 1. The van der Waals surface area contributed by atoms with Crippen molar-refractivity contribution in [3.05, 3.63) is 72.8 Å². The van der Waals surface area contributed by atoms with Crippen LogP contribution in [0.5, 0.6) is 6.01 Å². The first-order valence-electron chi connectivity index (χ1n) is 8.44. The molecule has 0 saturated carbocycles. The molecule has 1 amide bonds. The van der Waals surface area contributed by atoms with Crippen molar-refractivity contribution in [2.24, 2.45) is 0 Å². The lowest BCUT2D eigenvalue weighted by atomic mass is 10.1. The number of hydrogen-bond donors (Lipinski definition) is 1. The normalized spacial score (nSPS) is 10.7. The summed E-state index contributed by atoms with van der Waals surface area (Å²) in [4.78, 5) is 24.8. The zero-order chi connectivity index (χ0) is 18.6. The summed E-state index contributed by atoms with van der Waals surface area (Å²) < 4.78 is 7.28. The number of anilines is 1. The average molecular weight is 359 g/mol. The Morgan fingerprint density at radius 3 is 2.93 bits per heavy atom. The number of rotatable bonds is 5. The topological polar surface area (TPSA) is 81.4 Å². The van der Waals surface area contributed by atoms with E-state index in [2.05, 4.69) is 20.3 Å². The summed E-state index contributed by atoms with van der Waals surface area (Å²) >= 11 is 0. The van der Waals surface area contributed by atoms with Crippen LogP contribution < -0.4 is 10.1 Å². The second kappa shape index (κ2) is 7.25. The number of imidazole rings is 1. The monoisotopic (exact) mass is 359 g/mol. The zero-order valence-corrected chi connectivity index (χ0v) is 14.7. The summed E-state index contributed by atoms with van der Waals surface area (Å²) in [5, 5.41) is 2.82. The lowest BCUT2D eigenvalue weighted by molar-refractivity contribution is -0.118. The molecule has 134 valence electrons. The molecular weight excluding hydrogens is 342 g/mol. The summed E-state index contributed by atoms with van der Waals surface area (Å²) in [5.41, 5.74) is 4.07. The van der Waals surface area contributed by atoms with Gasteiger partial charge >= 0.3 is 6.01 Å². The van der Waals surface area contributed by atoms with Gasteiger partial charge in [0.1, 0.15) is 5.65 Å². The molecule has 4 rings (SSSR count). The van der Waals surface area contributed by atoms with E-state index in [1.165, 1.54) is 0 Å². The molecule has 1 N–H and O–H groups in total. The highest BCUT2D eigenvalue weighted by atomic mass is 16.5. The summed E-state index contributed by atoms with van der Waals surface area (Å²) in [5.74, 6) is -0.285. The lowest BCUT2D eigenvalue weighted by Crippen LogP contribution is -2.20. The van der Waals surface area contributed by atoms with Crippen LogP contribution in [-0.2, 0) is 4.79 Å². The smallest absolute Gasteiger partial charge is 0.317 e. The fraction of sp³-hybridized carbons (Fsp3) is 0.100. The number of nitrogens with one attached hydrogen (secondary N) is 1. The third-order valence-corrected chi connectivity index (χ3v) is 3.91. The highest BCUT2D eigenvalue weighted by Gasteiger charge is 2.08. The Morgan fingerprint density at radius 2 is 2.07 bits per heavy atom. The fourth-order valence-corrected chi connectivity index (χ4v) is 2.65. The Hall–Kier alpha value is -3.74. The number of carbonyl (C=O) groups is 1. The summed E-state index contributed by atoms with van der Waals surface area (Å²) in [7, 11) is 0. The van der Waals surface area contributed by atoms with Gasteiger partial charge in [0.05, 0.1) is 5.69 Å². The van der Waals surface area contributed by atoms with Crippen molar-refractivity contribution < 1.29 is 9.53 Å². The molecule has 0 radical (unpaired) electrons. The molecule has 3 heterocycles. The molecule has 27 heavy (non-hydrogen) atoms. The van der Waals surface area contributed by atoms with Gasteiger partial charge in [0.2, 0.25) is 0 Å². The van der Waals surface area contributed by atoms with Crippen molar-refractivity contribution in [2.75, 3.05) is 11.9 Å². The van der Waals surface area contributed by atoms with Crippen LogP contribution in [0.3, 0.4) is 0 Å². The molecule has 0 bridgehead atoms. The van der Waals surface area contributed by atoms with Gasteiger partial charge in [0.15, 0.2) is 6.61 Å². The van der Waals surface area contributed by atoms with E-state index >= 15 is 0 Å². The van der Waals surface area contributed by atoms with E-state index in [0.717, 1.165) is 22.6 Å². The van der Waals surface area contributed by atoms with Gasteiger partial charge in [0.25, 0.3) is 5.91 Å². The Kier molecular flexibility index (Phi) is 4.49. The molecule has 4 aromatic rings. The molecule has 0 fully saturated rings. The van der Waals surface area contributed by atoms with Crippen molar-refractivity contribution in [2.45, 2.75) is 6.92 Å². The standard InChI is InChI=1S/C20H17N5O2/c1-14-8-9-21-20(22-14)27-13-19(26)23-16-6-4-5-15(11-16)17-12-25-10-3-2-7-18(25)24-17/h2-12H,13H2,1H3,(H,23,26). The van der Waals surface area contributed by atoms with Gasteiger partial charge in [-0.1, -0.05) is 18.2 Å². The molecule has 0 spiro atoms. The third-order valence-electron chi connectivity index (χ3n) is 3.91. The number of nitrogens with zero attached hydrogens (tertiary/aromatic N) is 4. The number of fused-ring (bicyclic) bond motifs is 1. The van der Waals surface area contributed by atoms with Gasteiger partial charge in [-0.25, -0.2) is 15.0 Å². The molecule has 7 nitrogen and oxygen atoms in total. The molecule has 1 aromatic carbocycles. The highest BCUT2D eigenvalue weighted by Crippen LogP contribution is 2.22. The summed E-state index contributed by atoms with van der Waals surface area (Å²) in [6.45, 7) is 1.67. The van der Waals surface area contributed by atoms with Crippen LogP contribution in [0.25, 0.3) is 16.9 Å². The minimum absolute atomic E-state index is 0.165. The van der Waals surface area contributed by atoms with E-state index in [1.807, 2.05) is 66.2 Å². The molecule has 0 aliphatic heterocycles. The molecule has 0 aliphatic carbocycles. The van der Waals surface area contributed by atoms with Crippen molar-refractivity contribution >= 4 is 17.2 Å². The van der Waals surface area contributed by atoms with Crippen molar-refractivity contribution in [1.29, 1.82) is 0 Å². The van der Waals surface area contributed by atoms with Gasteiger partial charge in [-0.2, -0.15) is 0 Å². The molecule has 0 saturated heterocycles. The van der Waals surface area contributed by atoms with Gasteiger partial charge in [-0.05, 0) is 37.3 Å². The van der Waals surface area contributed by atoms with Crippen LogP contribution in [-0.4, -0.2) is 31.9 Å². The van der Waals surface area contributed by atoms with Crippen LogP contribution in [0, 0.1) is 6.92 Å². The Bertz CT molecular complexity index is 1070. The van der Waals surface area contributed by atoms with E-state index in [4.69, 9.17) is 4.74 Å².